The zero-order valence-corrected chi connectivity index (χ0v) is 16.5. The minimum absolute atomic E-state index is 0.350. The van der Waals surface area contributed by atoms with Gasteiger partial charge in [-0.25, -0.2) is 4.99 Å². The van der Waals surface area contributed by atoms with Crippen molar-refractivity contribution in [3.63, 3.8) is 0 Å². The second-order valence-corrected chi connectivity index (χ2v) is 6.76. The summed E-state index contributed by atoms with van der Waals surface area (Å²) in [6, 6.07) is 1.85. The van der Waals surface area contributed by atoms with Crippen molar-refractivity contribution in [3.05, 3.63) is 21.9 Å². The van der Waals surface area contributed by atoms with Gasteiger partial charge in [-0.05, 0) is 32.3 Å². The highest BCUT2D eigenvalue weighted by Crippen LogP contribution is 2.25. The lowest BCUT2D eigenvalue weighted by Gasteiger charge is -2.22. The molecule has 25 heavy (non-hydrogen) atoms. The van der Waals surface area contributed by atoms with E-state index in [0.29, 0.717) is 22.8 Å². The lowest BCUT2D eigenvalue weighted by Crippen LogP contribution is -2.38. The molecular weight excluding hydrogens is 363 g/mol. The molecule has 8 heteroatoms. The van der Waals surface area contributed by atoms with Crippen molar-refractivity contribution in [2.45, 2.75) is 38.8 Å². The van der Waals surface area contributed by atoms with Crippen LogP contribution in [0.25, 0.3) is 0 Å². The lowest BCUT2D eigenvalue weighted by molar-refractivity contribution is -0.0320. The Kier molecular flexibility index (Phi) is 8.89. The van der Waals surface area contributed by atoms with Crippen molar-refractivity contribution >= 4 is 29.2 Å². The summed E-state index contributed by atoms with van der Waals surface area (Å²) in [5.74, 6) is 0.780. The summed E-state index contributed by atoms with van der Waals surface area (Å²) in [5, 5.41) is 7.66. The normalized spacial score (nSPS) is 16.2. The second-order valence-electron chi connectivity index (χ2n) is 5.99. The molecule has 0 spiro atoms. The van der Waals surface area contributed by atoms with Gasteiger partial charge in [-0.15, -0.1) is 0 Å². The Morgan fingerprint density at radius 2 is 2.12 bits per heavy atom. The van der Waals surface area contributed by atoms with Gasteiger partial charge in [-0.2, -0.15) is 0 Å². The number of hydrogen-bond acceptors (Lipinski definition) is 3. The Labute approximate surface area is 159 Å². The summed E-state index contributed by atoms with van der Waals surface area (Å²) in [4.78, 5) is 4.59. The van der Waals surface area contributed by atoms with Crippen molar-refractivity contribution in [3.8, 4) is 0 Å². The van der Waals surface area contributed by atoms with E-state index in [2.05, 4.69) is 15.6 Å². The van der Waals surface area contributed by atoms with Gasteiger partial charge in [0.2, 0.25) is 0 Å². The molecule has 0 amide bonds. The largest absolute Gasteiger partial charge is 0.381 e. The van der Waals surface area contributed by atoms with E-state index >= 15 is 0 Å². The van der Waals surface area contributed by atoms with Crippen LogP contribution in [-0.4, -0.2) is 49.5 Å². The molecule has 1 aliphatic rings. The number of aromatic nitrogens is 1. The molecule has 0 aromatic carbocycles. The van der Waals surface area contributed by atoms with Crippen LogP contribution in [0.3, 0.4) is 0 Å². The molecule has 1 aliphatic heterocycles. The number of guanidine groups is 1. The maximum atomic E-state index is 6.09. The van der Waals surface area contributed by atoms with Crippen molar-refractivity contribution in [1.29, 1.82) is 0 Å². The minimum atomic E-state index is 0.350. The zero-order chi connectivity index (χ0) is 18.1. The third-order valence-corrected chi connectivity index (χ3v) is 4.94. The van der Waals surface area contributed by atoms with E-state index in [1.165, 1.54) is 0 Å². The second kappa shape index (κ2) is 10.9. The quantitative estimate of drug-likeness (QED) is 0.406. The number of aliphatic imine (C=N–C) groups is 1. The van der Waals surface area contributed by atoms with Crippen molar-refractivity contribution < 1.29 is 9.47 Å². The van der Waals surface area contributed by atoms with E-state index in [0.717, 1.165) is 63.8 Å². The van der Waals surface area contributed by atoms with Gasteiger partial charge in [0.15, 0.2) is 5.96 Å². The molecule has 0 unspecified atom stereocenters. The van der Waals surface area contributed by atoms with Crippen LogP contribution >= 0.6 is 23.2 Å². The summed E-state index contributed by atoms with van der Waals surface area (Å²) >= 11 is 12.1. The maximum absolute atomic E-state index is 6.09. The highest BCUT2D eigenvalue weighted by molar-refractivity contribution is 6.41. The standard InChI is InChI=1S/C17H28Cl2N4O2/c1-3-20-17(22-12-13-11-15(18)16(19)23(13)2)21-7-4-8-25-14-5-9-24-10-6-14/h11,14H,3-10,12H2,1-2H3,(H2,20,21,22). The summed E-state index contributed by atoms with van der Waals surface area (Å²) in [6.07, 6.45) is 3.28. The number of hydrogen-bond donors (Lipinski definition) is 2. The van der Waals surface area contributed by atoms with Crippen molar-refractivity contribution in [2.24, 2.45) is 12.0 Å². The summed E-state index contributed by atoms with van der Waals surface area (Å²) in [5.41, 5.74) is 0.968. The van der Waals surface area contributed by atoms with Crippen LogP contribution in [0.2, 0.25) is 10.2 Å². The molecule has 1 fully saturated rings. The Morgan fingerprint density at radius 3 is 2.76 bits per heavy atom. The molecule has 2 rings (SSSR count). The first kappa shape index (κ1) is 20.4. The number of nitrogens with zero attached hydrogens (tertiary/aromatic N) is 2. The van der Waals surface area contributed by atoms with Gasteiger partial charge in [0.25, 0.3) is 0 Å². The predicted octanol–water partition coefficient (Wildman–Crippen LogP) is 2.97. The van der Waals surface area contributed by atoms with Crippen LogP contribution in [0.1, 0.15) is 31.9 Å². The highest BCUT2D eigenvalue weighted by atomic mass is 35.5. The molecule has 6 nitrogen and oxygen atoms in total. The SMILES string of the molecule is CCNC(=NCc1cc(Cl)c(Cl)n1C)NCCCOC1CCOCC1. The molecule has 2 N–H and O–H groups in total. The van der Waals surface area contributed by atoms with E-state index < -0.39 is 0 Å². The van der Waals surface area contributed by atoms with Gasteiger partial charge in [0, 0.05) is 45.7 Å². The van der Waals surface area contributed by atoms with E-state index in [1.54, 1.807) is 0 Å². The van der Waals surface area contributed by atoms with Crippen LogP contribution in [0.4, 0.5) is 0 Å². The smallest absolute Gasteiger partial charge is 0.191 e. The minimum Gasteiger partial charge on any atom is -0.381 e. The fourth-order valence-corrected chi connectivity index (χ4v) is 3.03. The van der Waals surface area contributed by atoms with Gasteiger partial charge < -0.3 is 24.7 Å². The molecular formula is C17H28Cl2N4O2. The van der Waals surface area contributed by atoms with Gasteiger partial charge in [-0.1, -0.05) is 23.2 Å². The Hall–Kier alpha value is -0.950. The van der Waals surface area contributed by atoms with Gasteiger partial charge in [0.05, 0.1) is 17.7 Å². The molecule has 1 aromatic rings. The van der Waals surface area contributed by atoms with Crippen LogP contribution in [-0.2, 0) is 23.1 Å². The molecule has 0 saturated carbocycles. The van der Waals surface area contributed by atoms with Crippen molar-refractivity contribution in [1.82, 2.24) is 15.2 Å². The highest BCUT2D eigenvalue weighted by Gasteiger charge is 2.13. The zero-order valence-electron chi connectivity index (χ0n) is 15.0. The average Bonchev–Trinajstić information content (AvgIpc) is 2.87. The third-order valence-electron chi connectivity index (χ3n) is 4.09. The first-order valence-electron chi connectivity index (χ1n) is 8.83. The van der Waals surface area contributed by atoms with E-state index in [-0.39, 0.29) is 0 Å². The number of ether oxygens (including phenoxy) is 2. The molecule has 2 heterocycles. The lowest BCUT2D eigenvalue weighted by atomic mass is 10.1. The molecule has 0 aliphatic carbocycles. The number of rotatable bonds is 8. The predicted molar refractivity (Wildman–Crippen MR) is 103 cm³/mol. The summed E-state index contributed by atoms with van der Waals surface area (Å²) in [7, 11) is 1.88. The van der Waals surface area contributed by atoms with E-state index in [4.69, 9.17) is 32.7 Å². The number of halogens is 2. The average molecular weight is 391 g/mol. The van der Waals surface area contributed by atoms with Crippen molar-refractivity contribution in [2.75, 3.05) is 32.9 Å². The van der Waals surface area contributed by atoms with Crippen LogP contribution in [0.5, 0.6) is 0 Å². The van der Waals surface area contributed by atoms with Gasteiger partial charge in [0.1, 0.15) is 5.15 Å². The van der Waals surface area contributed by atoms with Gasteiger partial charge in [-0.3, -0.25) is 0 Å². The monoisotopic (exact) mass is 390 g/mol. The third kappa shape index (κ3) is 6.70. The Balaban J connectivity index is 1.72. The van der Waals surface area contributed by atoms with Crippen LogP contribution in [0.15, 0.2) is 11.1 Å². The Morgan fingerprint density at radius 1 is 1.36 bits per heavy atom. The molecule has 142 valence electrons. The number of nitrogens with one attached hydrogen (secondary N) is 2. The van der Waals surface area contributed by atoms with Gasteiger partial charge >= 0.3 is 0 Å². The molecule has 0 atom stereocenters. The van der Waals surface area contributed by atoms with E-state index in [9.17, 15) is 0 Å². The summed E-state index contributed by atoms with van der Waals surface area (Å²) in [6.45, 7) is 6.54. The first-order chi connectivity index (χ1) is 12.1. The molecule has 1 saturated heterocycles. The van der Waals surface area contributed by atoms with Crippen LogP contribution in [0, 0.1) is 0 Å². The van der Waals surface area contributed by atoms with Crippen LogP contribution < -0.4 is 10.6 Å². The molecule has 0 radical (unpaired) electrons. The van der Waals surface area contributed by atoms with E-state index in [1.807, 2.05) is 24.6 Å². The Bertz CT molecular complexity index is 557. The fourth-order valence-electron chi connectivity index (χ4n) is 2.61. The molecule has 1 aromatic heterocycles. The maximum Gasteiger partial charge on any atom is 0.191 e. The molecule has 0 bridgehead atoms. The topological polar surface area (TPSA) is 59.8 Å². The fraction of sp³-hybridized carbons (Fsp3) is 0.706. The summed E-state index contributed by atoms with van der Waals surface area (Å²) < 4.78 is 13.1. The first-order valence-corrected chi connectivity index (χ1v) is 9.58.